The van der Waals surface area contributed by atoms with E-state index < -0.39 is 24.0 Å². The first-order valence-electron chi connectivity index (χ1n) is 13.0. The van der Waals surface area contributed by atoms with E-state index in [1.54, 1.807) is 36.5 Å². The molecule has 223 valence electrons. The van der Waals surface area contributed by atoms with Crippen LogP contribution in [0.5, 0.6) is 11.5 Å². The third-order valence-corrected chi connectivity index (χ3v) is 7.10. The van der Waals surface area contributed by atoms with Gasteiger partial charge in [0, 0.05) is 0 Å². The molecule has 1 radical (unpaired) electrons. The summed E-state index contributed by atoms with van der Waals surface area (Å²) in [4.78, 5) is 25.3. The summed E-state index contributed by atoms with van der Waals surface area (Å²) < 4.78 is 62.4. The number of aromatic nitrogens is 1. The molecule has 8 nitrogen and oxygen atoms in total. The van der Waals surface area contributed by atoms with Gasteiger partial charge in [0.15, 0.2) is 0 Å². The number of hydrogen-bond donors (Lipinski definition) is 1. The number of nitrogens with zero attached hydrogens (tertiary/aromatic N) is 4. The monoisotopic (exact) mass is 707 g/mol. The summed E-state index contributed by atoms with van der Waals surface area (Å²) in [6, 6.07) is 15.5. The van der Waals surface area contributed by atoms with Gasteiger partial charge in [-0.15, -0.1) is 0 Å². The van der Waals surface area contributed by atoms with Gasteiger partial charge in [0.1, 0.15) is 0 Å². The van der Waals surface area contributed by atoms with E-state index in [1.165, 1.54) is 34.1 Å². The van der Waals surface area contributed by atoms with Crippen LogP contribution in [0.1, 0.15) is 24.1 Å². The average molecular weight is 707 g/mol. The standard InChI is InChI=1S/C29H25BF4IN4O4/c30-26-25(35)27(39(18-21-5-1-2-14-36-21)28(41)38(26)15-4-16-40)37-24(13-10-19-8-11-20(31)12-9-19)42-22-6-3-7-23(17-22)43-29(32,33)34/h1-3,5-9,11-12,14,17,40H,4,10,13,15-16,18H2. The summed E-state index contributed by atoms with van der Waals surface area (Å²) in [5.41, 5.74) is 1.43. The minimum atomic E-state index is -4.90. The molecule has 0 atom stereocenters. The fraction of sp³-hybridized carbons (Fsp3) is 0.241. The molecule has 0 saturated carbocycles. The molecule has 1 N–H and O–H groups in total. The van der Waals surface area contributed by atoms with Crippen molar-refractivity contribution in [1.82, 2.24) is 14.8 Å². The number of aryl methyl sites for hydroxylation is 1. The molecule has 2 amide bonds. The van der Waals surface area contributed by atoms with Crippen LogP contribution >= 0.6 is 22.6 Å². The molecular weight excluding hydrogens is 682 g/mol. The normalized spacial score (nSPS) is 14.4. The molecule has 0 fully saturated rings. The van der Waals surface area contributed by atoms with Gasteiger partial charge in [-0.2, -0.15) is 0 Å². The predicted octanol–water partition coefficient (Wildman–Crippen LogP) is 5.75. The quantitative estimate of drug-likeness (QED) is 0.0903. The van der Waals surface area contributed by atoms with E-state index in [2.05, 4.69) is 14.7 Å². The number of carbonyl (C=O) groups is 1. The molecule has 4 rings (SSSR count). The first kappa shape index (κ1) is 32.1. The van der Waals surface area contributed by atoms with Gasteiger partial charge in [-0.25, -0.2) is 0 Å². The number of rotatable bonds is 11. The van der Waals surface area contributed by atoms with Crippen molar-refractivity contribution in [2.24, 2.45) is 4.99 Å². The molecule has 1 aliphatic heterocycles. The van der Waals surface area contributed by atoms with Gasteiger partial charge in [0.2, 0.25) is 0 Å². The van der Waals surface area contributed by atoms with Crippen LogP contribution in [-0.2, 0) is 13.0 Å². The Balaban J connectivity index is 1.74. The van der Waals surface area contributed by atoms with Crippen LogP contribution in [0, 0.1) is 5.82 Å². The Morgan fingerprint density at radius 3 is 2.47 bits per heavy atom. The summed E-state index contributed by atoms with van der Waals surface area (Å²) in [5.74, 6) is -0.690. The number of carbonyl (C=O) groups excluding carboxylic acids is 1. The van der Waals surface area contributed by atoms with Gasteiger partial charge in [-0.05, 0) is 0 Å². The molecule has 0 aliphatic carbocycles. The number of benzene rings is 2. The number of aliphatic hydroxyl groups excluding tert-OH is 1. The molecule has 14 heteroatoms. The number of aliphatic hydroxyl groups is 1. The van der Waals surface area contributed by atoms with Gasteiger partial charge in [-0.1, -0.05) is 0 Å². The Kier molecular flexibility index (Phi) is 10.9. The maximum absolute atomic E-state index is 13.7. The van der Waals surface area contributed by atoms with E-state index in [4.69, 9.17) is 12.2 Å². The Bertz CT molecular complexity index is 1500. The third kappa shape index (κ3) is 9.10. The zero-order valence-corrected chi connectivity index (χ0v) is 24.8. The van der Waals surface area contributed by atoms with Crippen molar-refractivity contribution < 1.29 is 36.9 Å². The molecule has 0 unspecified atom stereocenters. The van der Waals surface area contributed by atoms with Crippen LogP contribution in [0.2, 0.25) is 0 Å². The van der Waals surface area contributed by atoms with Crippen molar-refractivity contribution in [2.45, 2.75) is 32.2 Å². The second-order valence-electron chi connectivity index (χ2n) is 9.20. The number of aliphatic imine (C=N–C) groups is 1. The Morgan fingerprint density at radius 1 is 1.05 bits per heavy atom. The number of ether oxygens (including phenoxy) is 2. The number of halogens is 5. The number of urea groups is 1. The molecule has 1 aromatic heterocycles. The molecular formula is C29H25BF4IN4O4. The summed E-state index contributed by atoms with van der Waals surface area (Å²) in [7, 11) is 6.35. The number of pyridine rings is 1. The maximum atomic E-state index is 13.7. The molecule has 0 spiro atoms. The van der Waals surface area contributed by atoms with Crippen LogP contribution < -0.4 is 9.47 Å². The summed E-state index contributed by atoms with van der Waals surface area (Å²) >= 11 is 1.96. The Labute approximate surface area is 259 Å². The first-order chi connectivity index (χ1) is 20.5. The van der Waals surface area contributed by atoms with Crippen molar-refractivity contribution in [3.8, 4) is 11.5 Å². The fourth-order valence-corrected chi connectivity index (χ4v) is 4.77. The van der Waals surface area contributed by atoms with E-state index in [1.807, 2.05) is 22.6 Å². The molecule has 2 aromatic carbocycles. The summed E-state index contributed by atoms with van der Waals surface area (Å²) in [6.07, 6.45) is -2.57. The van der Waals surface area contributed by atoms with Crippen molar-refractivity contribution in [3.63, 3.8) is 0 Å². The van der Waals surface area contributed by atoms with Crippen molar-refractivity contribution in [3.05, 3.63) is 99.4 Å². The van der Waals surface area contributed by atoms with Gasteiger partial charge in [-0.3, -0.25) is 0 Å². The predicted molar refractivity (Wildman–Crippen MR) is 161 cm³/mol. The van der Waals surface area contributed by atoms with Crippen molar-refractivity contribution in [1.29, 1.82) is 0 Å². The summed E-state index contributed by atoms with van der Waals surface area (Å²) in [6.45, 7) is 0.0263. The van der Waals surface area contributed by atoms with E-state index in [0.29, 0.717) is 15.7 Å². The van der Waals surface area contributed by atoms with E-state index in [-0.39, 0.29) is 55.6 Å². The minimum absolute atomic E-state index is 0.00940. The van der Waals surface area contributed by atoms with E-state index in [9.17, 15) is 27.5 Å². The van der Waals surface area contributed by atoms with Gasteiger partial charge >= 0.3 is 261 Å². The Hall–Kier alpha value is -3.79. The van der Waals surface area contributed by atoms with Crippen LogP contribution in [0.25, 0.3) is 0 Å². The summed E-state index contributed by atoms with van der Waals surface area (Å²) in [5, 5.41) is 9.34. The van der Waals surface area contributed by atoms with Gasteiger partial charge in [0.25, 0.3) is 0 Å². The molecule has 0 bridgehead atoms. The van der Waals surface area contributed by atoms with Crippen LogP contribution in [-0.4, -0.2) is 64.4 Å². The second kappa shape index (κ2) is 14.6. The van der Waals surface area contributed by atoms with Gasteiger partial charge < -0.3 is 0 Å². The van der Waals surface area contributed by atoms with Crippen LogP contribution in [0.3, 0.4) is 0 Å². The van der Waals surface area contributed by atoms with E-state index in [0.717, 1.165) is 17.7 Å². The zero-order chi connectivity index (χ0) is 31.0. The zero-order valence-electron chi connectivity index (χ0n) is 22.6. The molecule has 43 heavy (non-hydrogen) atoms. The number of hydrogen-bond acceptors (Lipinski definition) is 6. The fourth-order valence-electron chi connectivity index (χ4n) is 4.06. The topological polar surface area (TPSA) is 87.5 Å². The first-order valence-corrected chi connectivity index (χ1v) is 14.1. The Morgan fingerprint density at radius 2 is 1.79 bits per heavy atom. The van der Waals surface area contributed by atoms with Crippen molar-refractivity contribution in [2.75, 3.05) is 13.2 Å². The SMILES string of the molecule is [B]=C1C(I)=C(N=C(CCc2ccc(F)cc2)Oc2cccc(OC(F)(F)F)c2)N(Cc2ccccn2)C(=O)N1CCCO. The average Bonchev–Trinajstić information content (AvgIpc) is 2.97. The van der Waals surface area contributed by atoms with E-state index >= 15 is 0 Å². The number of alkyl halides is 3. The third-order valence-electron chi connectivity index (χ3n) is 6.06. The second-order valence-corrected chi connectivity index (χ2v) is 10.3. The molecule has 1 aliphatic rings. The molecule has 0 saturated heterocycles. The van der Waals surface area contributed by atoms with Crippen LogP contribution in [0.15, 0.2) is 87.3 Å². The van der Waals surface area contributed by atoms with Crippen molar-refractivity contribution >= 4 is 47.6 Å². The molecule has 2 heterocycles. The molecule has 3 aromatic rings. The number of amides is 2. The van der Waals surface area contributed by atoms with Crippen LogP contribution in [0.4, 0.5) is 22.4 Å². The van der Waals surface area contributed by atoms with Gasteiger partial charge in [0.05, 0.1) is 0 Å².